The first-order chi connectivity index (χ1) is 9.04. The maximum atomic E-state index is 11.7. The van der Waals surface area contributed by atoms with E-state index < -0.39 is 38.4 Å². The average molecular weight is 288 g/mol. The minimum atomic E-state index is -0.856. The number of rotatable bonds is 4. The number of aliphatic hydroxyl groups excluding tert-OH is 1. The summed E-state index contributed by atoms with van der Waals surface area (Å²) in [4.78, 5) is 24.8. The third kappa shape index (κ3) is 2.82. The van der Waals surface area contributed by atoms with Crippen molar-refractivity contribution in [3.8, 4) is 0 Å². The minimum Gasteiger partial charge on any atom is -0.390 e. The number of nitrogens with zero attached hydrogens (tertiary/aromatic N) is 1. The molecule has 104 valence electrons. The van der Waals surface area contributed by atoms with Crippen LogP contribution in [0.2, 0.25) is 0 Å². The Morgan fingerprint density at radius 2 is 2.32 bits per heavy atom. The van der Waals surface area contributed by atoms with E-state index in [0.29, 0.717) is 0 Å². The van der Waals surface area contributed by atoms with Gasteiger partial charge in [-0.2, -0.15) is 0 Å². The summed E-state index contributed by atoms with van der Waals surface area (Å²) in [6.07, 6.45) is -0.938. The summed E-state index contributed by atoms with van der Waals surface area (Å²) in [5.74, 6) is -0.375. The molecule has 2 N–H and O–H groups in total. The van der Waals surface area contributed by atoms with Gasteiger partial charge >= 0.3 is 14.4 Å². The second kappa shape index (κ2) is 5.75. The van der Waals surface area contributed by atoms with Crippen molar-refractivity contribution in [3.05, 3.63) is 33.1 Å². The fourth-order valence-corrected chi connectivity index (χ4v) is 2.29. The number of hydrogen-bond acceptors (Lipinski definition) is 6. The van der Waals surface area contributed by atoms with E-state index >= 15 is 0 Å². The van der Waals surface area contributed by atoms with Crippen LogP contribution in [0.1, 0.15) is 13.2 Å². The Bertz CT molecular complexity index is 570. The zero-order valence-electron chi connectivity index (χ0n) is 10.1. The molecule has 1 aromatic heterocycles. The Morgan fingerprint density at radius 3 is 2.95 bits per heavy atom. The van der Waals surface area contributed by atoms with Gasteiger partial charge in [0.1, 0.15) is 12.3 Å². The monoisotopic (exact) mass is 288 g/mol. The number of ether oxygens (including phenoxy) is 1. The third-order valence-corrected chi connectivity index (χ3v) is 3.35. The average Bonchev–Trinajstić information content (AvgIpc) is 2.64. The van der Waals surface area contributed by atoms with Crippen LogP contribution in [0.4, 0.5) is 0 Å². The first kappa shape index (κ1) is 14.1. The summed E-state index contributed by atoms with van der Waals surface area (Å²) in [5.41, 5.74) is -1.11. The van der Waals surface area contributed by atoms with Gasteiger partial charge in [-0.15, -0.1) is 0 Å². The predicted octanol–water partition coefficient (Wildman–Crippen LogP) is -0.346. The molecule has 0 amide bonds. The molecule has 1 aliphatic heterocycles. The molecule has 0 saturated carbocycles. The number of aromatic nitrogens is 2. The quantitative estimate of drug-likeness (QED) is 0.733. The Kier molecular flexibility index (Phi) is 4.26. The van der Waals surface area contributed by atoms with E-state index in [4.69, 9.17) is 4.74 Å². The topological polar surface area (TPSA) is 111 Å². The zero-order chi connectivity index (χ0) is 14.0. The standard InChI is InChI=1S/C10H13N2O6P/c1-5-8(14)6(4-17-19-16)18-9(5)12-3-2-7(13)11-10(12)15/h2-3,5-6,8-9,14H,4H2,1H3,(H,11,13,15)/t5-,6+,8-,9+/m0/s1. The fourth-order valence-electron chi connectivity index (χ4n) is 2.08. The van der Waals surface area contributed by atoms with Gasteiger partial charge in [-0.1, -0.05) is 6.92 Å². The van der Waals surface area contributed by atoms with Crippen molar-refractivity contribution in [2.24, 2.45) is 5.92 Å². The van der Waals surface area contributed by atoms with Crippen LogP contribution in [-0.2, 0) is 13.8 Å². The molecule has 8 nitrogen and oxygen atoms in total. The normalized spacial score (nSPS) is 30.8. The lowest BCUT2D eigenvalue weighted by atomic mass is 10.0. The second-order valence-corrected chi connectivity index (χ2v) is 4.71. The van der Waals surface area contributed by atoms with Crippen molar-refractivity contribution in [1.82, 2.24) is 9.55 Å². The molecular formula is C10H13N2O6P. The van der Waals surface area contributed by atoms with Crippen LogP contribution in [0.3, 0.4) is 0 Å². The largest absolute Gasteiger partial charge is 0.390 e. The molecule has 2 heterocycles. The number of aromatic amines is 1. The Balaban J connectivity index is 2.23. The fraction of sp³-hybridized carbons (Fsp3) is 0.600. The van der Waals surface area contributed by atoms with Gasteiger partial charge in [-0.25, -0.2) is 9.36 Å². The van der Waals surface area contributed by atoms with Crippen molar-refractivity contribution in [2.45, 2.75) is 25.4 Å². The molecule has 0 aliphatic carbocycles. The summed E-state index contributed by atoms with van der Waals surface area (Å²) in [5, 5.41) is 9.96. The van der Waals surface area contributed by atoms with Gasteiger partial charge in [0.25, 0.3) is 5.56 Å². The van der Waals surface area contributed by atoms with Gasteiger partial charge in [-0.05, 0) is 0 Å². The lowest BCUT2D eigenvalue weighted by Crippen LogP contribution is -2.33. The molecule has 1 aromatic rings. The number of hydrogen-bond donors (Lipinski definition) is 2. The number of aliphatic hydroxyl groups is 1. The highest BCUT2D eigenvalue weighted by molar-refractivity contribution is 7.17. The van der Waals surface area contributed by atoms with Crippen molar-refractivity contribution >= 4 is 8.69 Å². The predicted molar refractivity (Wildman–Crippen MR) is 64.0 cm³/mol. The molecule has 0 aromatic carbocycles. The Morgan fingerprint density at radius 1 is 1.58 bits per heavy atom. The molecular weight excluding hydrogens is 275 g/mol. The van der Waals surface area contributed by atoms with Gasteiger partial charge in [-0.3, -0.25) is 18.9 Å². The van der Waals surface area contributed by atoms with E-state index in [1.54, 1.807) is 6.92 Å². The van der Waals surface area contributed by atoms with Crippen molar-refractivity contribution in [1.29, 1.82) is 0 Å². The van der Waals surface area contributed by atoms with E-state index in [1.165, 1.54) is 16.8 Å². The van der Waals surface area contributed by atoms with Gasteiger partial charge in [0.05, 0.1) is 12.7 Å². The van der Waals surface area contributed by atoms with Crippen LogP contribution in [0.25, 0.3) is 0 Å². The molecule has 0 bridgehead atoms. The SMILES string of the molecule is C[C@H]1[C@H](O)[C@@H](COP=O)O[C@H]1n1ccc(=O)[nH]c1=O. The lowest BCUT2D eigenvalue weighted by molar-refractivity contribution is -0.0412. The van der Waals surface area contributed by atoms with E-state index in [1.807, 2.05) is 0 Å². The van der Waals surface area contributed by atoms with E-state index in [2.05, 4.69) is 9.51 Å². The molecule has 9 heteroatoms. The van der Waals surface area contributed by atoms with Gasteiger partial charge in [0.2, 0.25) is 0 Å². The van der Waals surface area contributed by atoms with E-state index in [0.717, 1.165) is 0 Å². The molecule has 2 rings (SSSR count). The van der Waals surface area contributed by atoms with Gasteiger partial charge in [0, 0.05) is 18.2 Å². The van der Waals surface area contributed by atoms with Crippen LogP contribution in [0, 0.1) is 5.92 Å². The van der Waals surface area contributed by atoms with Crippen LogP contribution in [0.5, 0.6) is 0 Å². The molecule has 1 saturated heterocycles. The zero-order valence-corrected chi connectivity index (χ0v) is 10.9. The van der Waals surface area contributed by atoms with Crippen molar-refractivity contribution in [3.63, 3.8) is 0 Å². The molecule has 19 heavy (non-hydrogen) atoms. The first-order valence-corrected chi connectivity index (χ1v) is 6.37. The van der Waals surface area contributed by atoms with Crippen LogP contribution < -0.4 is 11.2 Å². The van der Waals surface area contributed by atoms with Crippen LogP contribution in [-0.4, -0.2) is 33.5 Å². The molecule has 0 spiro atoms. The van der Waals surface area contributed by atoms with Crippen LogP contribution in [0.15, 0.2) is 21.9 Å². The van der Waals surface area contributed by atoms with Gasteiger partial charge < -0.3 is 9.84 Å². The summed E-state index contributed by atoms with van der Waals surface area (Å²) >= 11 is 0. The lowest BCUT2D eigenvalue weighted by Gasteiger charge is -2.17. The molecule has 0 radical (unpaired) electrons. The maximum absolute atomic E-state index is 11.7. The van der Waals surface area contributed by atoms with Crippen molar-refractivity contribution < 1.29 is 18.9 Å². The van der Waals surface area contributed by atoms with Crippen LogP contribution >= 0.6 is 8.69 Å². The first-order valence-electron chi connectivity index (χ1n) is 5.64. The number of nitrogens with one attached hydrogen (secondary N) is 1. The second-order valence-electron chi connectivity index (χ2n) is 4.30. The summed E-state index contributed by atoms with van der Waals surface area (Å²) in [6, 6.07) is 1.20. The summed E-state index contributed by atoms with van der Waals surface area (Å²) in [6.45, 7) is 1.66. The molecule has 1 aliphatic rings. The summed E-state index contributed by atoms with van der Waals surface area (Å²) in [7, 11) is -0.500. The highest BCUT2D eigenvalue weighted by Gasteiger charge is 2.42. The smallest absolute Gasteiger partial charge is 0.330 e. The minimum absolute atomic E-state index is 0.0504. The third-order valence-electron chi connectivity index (χ3n) is 3.10. The Labute approximate surface area is 109 Å². The molecule has 4 atom stereocenters. The Hall–Kier alpha value is -1.34. The molecule has 0 unspecified atom stereocenters. The highest BCUT2D eigenvalue weighted by atomic mass is 31.1. The van der Waals surface area contributed by atoms with Gasteiger partial charge in [0.15, 0.2) is 0 Å². The highest BCUT2D eigenvalue weighted by Crippen LogP contribution is 2.33. The molecule has 1 fully saturated rings. The van der Waals surface area contributed by atoms with E-state index in [9.17, 15) is 19.3 Å². The number of H-pyrrole nitrogens is 1. The van der Waals surface area contributed by atoms with Crippen molar-refractivity contribution in [2.75, 3.05) is 6.61 Å². The maximum Gasteiger partial charge on any atom is 0.330 e. The summed E-state index contributed by atoms with van der Waals surface area (Å²) < 4.78 is 21.6. The van der Waals surface area contributed by atoms with E-state index in [-0.39, 0.29) is 12.5 Å².